The lowest BCUT2D eigenvalue weighted by Gasteiger charge is -2.30. The zero-order valence-electron chi connectivity index (χ0n) is 8.82. The van der Waals surface area contributed by atoms with E-state index in [1.54, 1.807) is 7.11 Å². The van der Waals surface area contributed by atoms with Crippen LogP contribution in [0.15, 0.2) is 18.2 Å². The molecule has 0 radical (unpaired) electrons. The summed E-state index contributed by atoms with van der Waals surface area (Å²) in [6.45, 7) is 1.91. The van der Waals surface area contributed by atoms with Crippen LogP contribution in [-0.4, -0.2) is 30.6 Å². The number of alkyl halides is 1. The zero-order valence-corrected chi connectivity index (χ0v) is 9.57. The molecule has 0 amide bonds. The van der Waals surface area contributed by atoms with Crippen molar-refractivity contribution in [2.24, 2.45) is 0 Å². The minimum absolute atomic E-state index is 0.242. The Morgan fingerprint density at radius 2 is 2.40 bits per heavy atom. The predicted octanol–water partition coefficient (Wildman–Crippen LogP) is 2.30. The first kappa shape index (κ1) is 10.6. The number of hydrogen-bond donors (Lipinski definition) is 0. The van der Waals surface area contributed by atoms with E-state index in [9.17, 15) is 0 Å². The smallest absolute Gasteiger partial charge is 0.214 e. The standard InChI is InChI=1S/C11H15ClN2O/c1-15-11-6-2-5-10(13-11)14-7-3-4-9(12)8-14/h2,5-6,9H,3-4,7-8H2,1H3. The minimum Gasteiger partial charge on any atom is -0.481 e. The van der Waals surface area contributed by atoms with Gasteiger partial charge in [-0.25, -0.2) is 0 Å². The van der Waals surface area contributed by atoms with Crippen LogP contribution in [0.25, 0.3) is 0 Å². The summed E-state index contributed by atoms with van der Waals surface area (Å²) < 4.78 is 5.10. The first-order chi connectivity index (χ1) is 7.29. The molecule has 4 heteroatoms. The molecule has 0 saturated carbocycles. The molecule has 1 aliphatic rings. The highest BCUT2D eigenvalue weighted by atomic mass is 35.5. The highest BCUT2D eigenvalue weighted by Crippen LogP contribution is 2.22. The van der Waals surface area contributed by atoms with Crippen LogP contribution in [-0.2, 0) is 0 Å². The Kier molecular flexibility index (Phi) is 3.31. The van der Waals surface area contributed by atoms with Crippen molar-refractivity contribution in [3.63, 3.8) is 0 Å². The van der Waals surface area contributed by atoms with Gasteiger partial charge in [0.1, 0.15) is 5.82 Å². The van der Waals surface area contributed by atoms with E-state index in [-0.39, 0.29) is 5.38 Å². The third-order valence-electron chi connectivity index (χ3n) is 2.61. The second-order valence-electron chi connectivity index (χ2n) is 3.72. The molecular weight excluding hydrogens is 212 g/mol. The van der Waals surface area contributed by atoms with Gasteiger partial charge in [-0.3, -0.25) is 0 Å². The number of nitrogens with zero attached hydrogens (tertiary/aromatic N) is 2. The molecule has 1 aliphatic heterocycles. The van der Waals surface area contributed by atoms with Crippen LogP contribution in [0.4, 0.5) is 5.82 Å². The second-order valence-corrected chi connectivity index (χ2v) is 4.34. The van der Waals surface area contributed by atoms with E-state index in [2.05, 4.69) is 9.88 Å². The molecule has 1 atom stereocenters. The number of halogens is 1. The minimum atomic E-state index is 0.242. The van der Waals surface area contributed by atoms with E-state index in [0.717, 1.165) is 31.7 Å². The van der Waals surface area contributed by atoms with Crippen molar-refractivity contribution >= 4 is 17.4 Å². The zero-order chi connectivity index (χ0) is 10.7. The first-order valence-corrected chi connectivity index (χ1v) is 5.63. The van der Waals surface area contributed by atoms with Gasteiger partial charge in [-0.2, -0.15) is 4.98 Å². The van der Waals surface area contributed by atoms with Gasteiger partial charge < -0.3 is 9.64 Å². The van der Waals surface area contributed by atoms with Gasteiger partial charge >= 0.3 is 0 Å². The van der Waals surface area contributed by atoms with Gasteiger partial charge in [0.15, 0.2) is 0 Å². The fraction of sp³-hybridized carbons (Fsp3) is 0.545. The lowest BCUT2D eigenvalue weighted by atomic mass is 10.1. The number of pyridine rings is 1. The van der Waals surface area contributed by atoms with Crippen LogP contribution < -0.4 is 9.64 Å². The third-order valence-corrected chi connectivity index (χ3v) is 2.96. The third kappa shape index (κ3) is 2.53. The van der Waals surface area contributed by atoms with Crippen molar-refractivity contribution in [2.75, 3.05) is 25.1 Å². The van der Waals surface area contributed by atoms with Gasteiger partial charge in [0.05, 0.1) is 12.5 Å². The Balaban J connectivity index is 2.13. The van der Waals surface area contributed by atoms with Gasteiger partial charge in [-0.05, 0) is 18.9 Å². The normalized spacial score (nSPS) is 21.5. The van der Waals surface area contributed by atoms with E-state index in [1.165, 1.54) is 0 Å². The molecule has 0 aromatic carbocycles. The highest BCUT2D eigenvalue weighted by molar-refractivity contribution is 6.21. The maximum Gasteiger partial charge on any atom is 0.214 e. The Bertz CT molecular complexity index is 332. The van der Waals surface area contributed by atoms with Crippen molar-refractivity contribution in [2.45, 2.75) is 18.2 Å². The van der Waals surface area contributed by atoms with Gasteiger partial charge in [0.25, 0.3) is 0 Å². The number of anilines is 1. The Morgan fingerprint density at radius 3 is 3.13 bits per heavy atom. The maximum absolute atomic E-state index is 6.13. The monoisotopic (exact) mass is 226 g/mol. The van der Waals surface area contributed by atoms with E-state index in [4.69, 9.17) is 16.3 Å². The molecule has 1 fully saturated rings. The Labute approximate surface area is 95.0 Å². The summed E-state index contributed by atoms with van der Waals surface area (Å²) >= 11 is 6.13. The van der Waals surface area contributed by atoms with Crippen LogP contribution in [0.2, 0.25) is 0 Å². The molecule has 1 saturated heterocycles. The second kappa shape index (κ2) is 4.71. The van der Waals surface area contributed by atoms with Crippen LogP contribution >= 0.6 is 11.6 Å². The van der Waals surface area contributed by atoms with Gasteiger partial charge in [-0.1, -0.05) is 6.07 Å². The maximum atomic E-state index is 6.13. The van der Waals surface area contributed by atoms with Gasteiger partial charge in [0.2, 0.25) is 5.88 Å². The molecule has 0 aliphatic carbocycles. The van der Waals surface area contributed by atoms with Crippen LogP contribution in [0.5, 0.6) is 5.88 Å². The summed E-state index contributed by atoms with van der Waals surface area (Å²) in [6.07, 6.45) is 2.23. The van der Waals surface area contributed by atoms with Crippen molar-refractivity contribution < 1.29 is 4.74 Å². The molecule has 0 N–H and O–H groups in total. The fourth-order valence-corrected chi connectivity index (χ4v) is 2.15. The van der Waals surface area contributed by atoms with Crippen molar-refractivity contribution in [1.29, 1.82) is 0 Å². The number of aromatic nitrogens is 1. The molecule has 15 heavy (non-hydrogen) atoms. The quantitative estimate of drug-likeness (QED) is 0.724. The number of piperidine rings is 1. The largest absolute Gasteiger partial charge is 0.481 e. The molecule has 1 aromatic heterocycles. The topological polar surface area (TPSA) is 25.4 Å². The summed E-state index contributed by atoms with van der Waals surface area (Å²) in [7, 11) is 1.63. The summed E-state index contributed by atoms with van der Waals surface area (Å²) in [5.41, 5.74) is 0. The van der Waals surface area contributed by atoms with E-state index in [1.807, 2.05) is 18.2 Å². The van der Waals surface area contributed by atoms with Crippen molar-refractivity contribution in [3.8, 4) is 5.88 Å². The van der Waals surface area contributed by atoms with E-state index in [0.29, 0.717) is 5.88 Å². The average molecular weight is 227 g/mol. The number of hydrogen-bond acceptors (Lipinski definition) is 3. The summed E-state index contributed by atoms with van der Waals surface area (Å²) in [6, 6.07) is 5.81. The van der Waals surface area contributed by atoms with Crippen LogP contribution in [0.3, 0.4) is 0 Å². The molecule has 1 aromatic rings. The first-order valence-electron chi connectivity index (χ1n) is 5.19. The molecule has 1 unspecified atom stereocenters. The highest BCUT2D eigenvalue weighted by Gasteiger charge is 2.18. The van der Waals surface area contributed by atoms with Gasteiger partial charge in [-0.15, -0.1) is 11.6 Å². The number of ether oxygens (including phenoxy) is 1. The number of methoxy groups -OCH3 is 1. The molecule has 2 rings (SSSR count). The molecular formula is C11H15ClN2O. The summed E-state index contributed by atoms with van der Waals surface area (Å²) in [5.74, 6) is 1.61. The van der Waals surface area contributed by atoms with Crippen LogP contribution in [0, 0.1) is 0 Å². The Hall–Kier alpha value is -0.960. The molecule has 2 heterocycles. The Morgan fingerprint density at radius 1 is 1.53 bits per heavy atom. The van der Waals surface area contributed by atoms with E-state index < -0.39 is 0 Å². The molecule has 3 nitrogen and oxygen atoms in total. The lowest BCUT2D eigenvalue weighted by molar-refractivity contribution is 0.397. The van der Waals surface area contributed by atoms with Crippen molar-refractivity contribution in [3.05, 3.63) is 18.2 Å². The SMILES string of the molecule is COc1cccc(N2CCCC(Cl)C2)n1. The average Bonchev–Trinajstić information content (AvgIpc) is 2.29. The lowest BCUT2D eigenvalue weighted by Crippen LogP contribution is -2.36. The summed E-state index contributed by atoms with van der Waals surface area (Å²) in [4.78, 5) is 6.61. The molecule has 82 valence electrons. The molecule has 0 bridgehead atoms. The van der Waals surface area contributed by atoms with E-state index >= 15 is 0 Å². The predicted molar refractivity (Wildman–Crippen MR) is 61.9 cm³/mol. The summed E-state index contributed by atoms with van der Waals surface area (Å²) in [5, 5.41) is 0.242. The fourth-order valence-electron chi connectivity index (χ4n) is 1.83. The van der Waals surface area contributed by atoms with Gasteiger partial charge in [0, 0.05) is 19.2 Å². The van der Waals surface area contributed by atoms with Crippen LogP contribution in [0.1, 0.15) is 12.8 Å². The number of rotatable bonds is 2. The van der Waals surface area contributed by atoms with Crippen molar-refractivity contribution in [1.82, 2.24) is 4.98 Å². The molecule has 0 spiro atoms.